The predicted octanol–water partition coefficient (Wildman–Crippen LogP) is 1.85. The van der Waals surface area contributed by atoms with Gasteiger partial charge in [-0.05, 0) is 17.9 Å². The van der Waals surface area contributed by atoms with Gasteiger partial charge in [-0.25, -0.2) is 0 Å². The van der Waals surface area contributed by atoms with E-state index in [2.05, 4.69) is 19.2 Å². The highest BCUT2D eigenvalue weighted by Gasteiger charge is 2.37. The minimum Gasteiger partial charge on any atom is -0.349 e. The molecule has 1 aromatic rings. The molecule has 3 unspecified atom stereocenters. The van der Waals surface area contributed by atoms with Gasteiger partial charge >= 0.3 is 0 Å². The van der Waals surface area contributed by atoms with Crippen LogP contribution in [-0.4, -0.2) is 11.9 Å². The number of rotatable bonds is 3. The highest BCUT2D eigenvalue weighted by atomic mass is 16.2. The minimum atomic E-state index is -0.0554. The molecule has 17 heavy (non-hydrogen) atoms. The minimum absolute atomic E-state index is 0.0521. The molecule has 0 saturated carbocycles. The van der Waals surface area contributed by atoms with Gasteiger partial charge in [-0.3, -0.25) is 4.79 Å². The van der Waals surface area contributed by atoms with Gasteiger partial charge in [-0.2, -0.15) is 0 Å². The van der Waals surface area contributed by atoms with Crippen LogP contribution in [0.5, 0.6) is 0 Å². The second-order valence-electron chi connectivity index (χ2n) is 5.14. The van der Waals surface area contributed by atoms with Crippen molar-refractivity contribution in [2.75, 3.05) is 0 Å². The van der Waals surface area contributed by atoms with Gasteiger partial charge in [0.05, 0.1) is 12.0 Å². The summed E-state index contributed by atoms with van der Waals surface area (Å²) in [5, 5.41) is 3.04. The van der Waals surface area contributed by atoms with E-state index in [9.17, 15) is 4.79 Å². The Kier molecular flexibility index (Phi) is 3.48. The number of carbonyl (C=O) groups excluding carboxylic acids is 1. The number of amides is 1. The zero-order valence-corrected chi connectivity index (χ0v) is 10.4. The molecular formula is C14H20N2O. The van der Waals surface area contributed by atoms with Crippen LogP contribution in [0.15, 0.2) is 30.3 Å². The third-order valence-electron chi connectivity index (χ3n) is 3.58. The van der Waals surface area contributed by atoms with Crippen molar-refractivity contribution in [3.8, 4) is 0 Å². The Balaban J connectivity index is 2.10. The van der Waals surface area contributed by atoms with Crippen molar-refractivity contribution >= 4 is 5.91 Å². The Hall–Kier alpha value is -1.35. The molecule has 1 fully saturated rings. The average Bonchev–Trinajstić information content (AvgIpc) is 2.71. The number of hydrogen-bond donors (Lipinski definition) is 2. The Morgan fingerprint density at radius 1 is 1.29 bits per heavy atom. The molecule has 0 spiro atoms. The van der Waals surface area contributed by atoms with Crippen molar-refractivity contribution in [2.24, 2.45) is 17.6 Å². The summed E-state index contributed by atoms with van der Waals surface area (Å²) >= 11 is 0. The van der Waals surface area contributed by atoms with Crippen molar-refractivity contribution in [1.82, 2.24) is 5.32 Å². The molecule has 3 atom stereocenters. The molecule has 1 aliphatic heterocycles. The molecule has 1 aromatic carbocycles. The lowest BCUT2D eigenvalue weighted by Gasteiger charge is -2.20. The predicted molar refractivity (Wildman–Crippen MR) is 68.2 cm³/mol. The van der Waals surface area contributed by atoms with Crippen LogP contribution in [0.3, 0.4) is 0 Å². The molecule has 0 aliphatic carbocycles. The zero-order valence-electron chi connectivity index (χ0n) is 10.4. The topological polar surface area (TPSA) is 55.1 Å². The van der Waals surface area contributed by atoms with Crippen LogP contribution in [0, 0.1) is 11.8 Å². The van der Waals surface area contributed by atoms with Gasteiger partial charge in [-0.15, -0.1) is 0 Å². The highest BCUT2D eigenvalue weighted by Crippen LogP contribution is 2.31. The lowest BCUT2D eigenvalue weighted by atomic mass is 9.88. The summed E-state index contributed by atoms with van der Waals surface area (Å²) in [5.41, 5.74) is 7.26. The van der Waals surface area contributed by atoms with Crippen molar-refractivity contribution in [2.45, 2.75) is 32.4 Å². The van der Waals surface area contributed by atoms with Crippen LogP contribution in [0.4, 0.5) is 0 Å². The maximum atomic E-state index is 11.9. The van der Waals surface area contributed by atoms with E-state index in [1.165, 1.54) is 5.56 Å². The summed E-state index contributed by atoms with van der Waals surface area (Å²) in [7, 11) is 0. The van der Waals surface area contributed by atoms with Gasteiger partial charge in [0.2, 0.25) is 5.91 Å². The fraction of sp³-hybridized carbons (Fsp3) is 0.500. The number of nitrogens with one attached hydrogen (secondary N) is 1. The second kappa shape index (κ2) is 4.88. The summed E-state index contributed by atoms with van der Waals surface area (Å²) in [4.78, 5) is 11.9. The molecular weight excluding hydrogens is 212 g/mol. The van der Waals surface area contributed by atoms with Crippen LogP contribution in [0.25, 0.3) is 0 Å². The molecule has 0 aromatic heterocycles. The molecule has 92 valence electrons. The molecule has 0 bridgehead atoms. The molecule has 3 nitrogen and oxygen atoms in total. The van der Waals surface area contributed by atoms with Crippen LogP contribution in [0.2, 0.25) is 0 Å². The van der Waals surface area contributed by atoms with E-state index in [4.69, 9.17) is 5.73 Å². The van der Waals surface area contributed by atoms with Gasteiger partial charge in [0.25, 0.3) is 0 Å². The van der Waals surface area contributed by atoms with Gasteiger partial charge < -0.3 is 11.1 Å². The van der Waals surface area contributed by atoms with E-state index in [1.54, 1.807) is 0 Å². The quantitative estimate of drug-likeness (QED) is 0.835. The summed E-state index contributed by atoms with van der Waals surface area (Å²) in [6.45, 7) is 4.13. The van der Waals surface area contributed by atoms with Crippen LogP contribution in [0.1, 0.15) is 31.9 Å². The largest absolute Gasteiger partial charge is 0.349 e. The van der Waals surface area contributed by atoms with E-state index < -0.39 is 0 Å². The van der Waals surface area contributed by atoms with E-state index in [0.717, 1.165) is 6.42 Å². The average molecular weight is 232 g/mol. The summed E-state index contributed by atoms with van der Waals surface area (Å²) < 4.78 is 0. The van der Waals surface area contributed by atoms with Gasteiger partial charge in [-0.1, -0.05) is 44.2 Å². The van der Waals surface area contributed by atoms with Crippen LogP contribution in [-0.2, 0) is 4.79 Å². The number of nitrogens with two attached hydrogens (primary N) is 1. The summed E-state index contributed by atoms with van der Waals surface area (Å²) in [5.74, 6) is 0.375. The monoisotopic (exact) mass is 232 g/mol. The van der Waals surface area contributed by atoms with E-state index >= 15 is 0 Å². The fourth-order valence-electron chi connectivity index (χ4n) is 2.40. The molecule has 1 amide bonds. The first-order valence-electron chi connectivity index (χ1n) is 6.20. The van der Waals surface area contributed by atoms with E-state index in [1.807, 2.05) is 30.3 Å². The highest BCUT2D eigenvalue weighted by molar-refractivity contribution is 5.82. The molecule has 1 aliphatic rings. The maximum absolute atomic E-state index is 11.9. The van der Waals surface area contributed by atoms with Gasteiger partial charge in [0, 0.05) is 6.04 Å². The smallest absolute Gasteiger partial charge is 0.225 e. The Bertz CT molecular complexity index is 388. The normalized spacial score (nSPS) is 26.0. The number of benzene rings is 1. The third kappa shape index (κ3) is 2.50. The van der Waals surface area contributed by atoms with E-state index in [-0.39, 0.29) is 23.9 Å². The van der Waals surface area contributed by atoms with Crippen molar-refractivity contribution < 1.29 is 4.79 Å². The van der Waals surface area contributed by atoms with Gasteiger partial charge in [0.1, 0.15) is 0 Å². The van der Waals surface area contributed by atoms with Crippen molar-refractivity contribution in [3.63, 3.8) is 0 Å². The lowest BCUT2D eigenvalue weighted by Crippen LogP contribution is -2.39. The first kappa shape index (κ1) is 12.1. The van der Waals surface area contributed by atoms with Gasteiger partial charge in [0.15, 0.2) is 0 Å². The second-order valence-corrected chi connectivity index (χ2v) is 5.14. The fourth-order valence-corrected chi connectivity index (χ4v) is 2.40. The Labute approximate surface area is 102 Å². The molecule has 1 saturated heterocycles. The number of hydrogen-bond acceptors (Lipinski definition) is 2. The van der Waals surface area contributed by atoms with Crippen LogP contribution >= 0.6 is 0 Å². The van der Waals surface area contributed by atoms with E-state index in [0.29, 0.717) is 5.92 Å². The number of carbonyl (C=O) groups is 1. The molecule has 2 rings (SSSR count). The van der Waals surface area contributed by atoms with Crippen molar-refractivity contribution in [1.29, 1.82) is 0 Å². The summed E-state index contributed by atoms with van der Waals surface area (Å²) in [6, 6.07) is 10.1. The molecule has 3 N–H and O–H groups in total. The molecule has 1 heterocycles. The first-order valence-corrected chi connectivity index (χ1v) is 6.20. The zero-order chi connectivity index (χ0) is 12.4. The Morgan fingerprint density at radius 2 is 1.94 bits per heavy atom. The Morgan fingerprint density at radius 3 is 2.53 bits per heavy atom. The third-order valence-corrected chi connectivity index (χ3v) is 3.58. The summed E-state index contributed by atoms with van der Waals surface area (Å²) in [6.07, 6.45) is 0.808. The lowest BCUT2D eigenvalue weighted by molar-refractivity contribution is -0.123. The first-order chi connectivity index (χ1) is 8.09. The van der Waals surface area contributed by atoms with Crippen LogP contribution < -0.4 is 11.1 Å². The molecule has 3 heteroatoms. The SMILES string of the molecule is CC(C)C(N)C1CC(c2ccccc2)NC1=O. The maximum Gasteiger partial charge on any atom is 0.225 e. The standard InChI is InChI=1S/C14H20N2O/c1-9(2)13(15)11-8-12(16-14(11)17)10-6-4-3-5-7-10/h3-7,9,11-13H,8,15H2,1-2H3,(H,16,17). The van der Waals surface area contributed by atoms with Crippen molar-refractivity contribution in [3.05, 3.63) is 35.9 Å². The molecule has 0 radical (unpaired) electrons.